The van der Waals surface area contributed by atoms with Gasteiger partial charge in [-0.1, -0.05) is 30.7 Å². The standard InChI is InChI=1S/C28H23ClN2O6/c1-3-17-5-15-22(16-6-17)37-28(35)19-7-11-20(12-8-19)30-24-23(29)25(32)31(26(24)33)21-13-9-18(10-14-21)27(34)36-4-2/h5-16,30H,3-4H2,1-2H3. The Morgan fingerprint density at radius 1 is 0.811 bits per heavy atom. The molecule has 3 aromatic carbocycles. The zero-order valence-electron chi connectivity index (χ0n) is 20.1. The van der Waals surface area contributed by atoms with Gasteiger partial charge in [-0.25, -0.2) is 14.5 Å². The SMILES string of the molecule is CCOC(=O)c1ccc(N2C(=O)C(Cl)=C(Nc3ccc(C(=O)Oc4ccc(CC)cc4)cc3)C2=O)cc1. The molecule has 9 heteroatoms. The zero-order valence-corrected chi connectivity index (χ0v) is 20.9. The molecule has 1 N–H and O–H groups in total. The highest BCUT2D eigenvalue weighted by atomic mass is 35.5. The normalized spacial score (nSPS) is 13.1. The fourth-order valence-electron chi connectivity index (χ4n) is 3.60. The first-order valence-corrected chi connectivity index (χ1v) is 11.9. The lowest BCUT2D eigenvalue weighted by molar-refractivity contribution is -0.120. The second-order valence-corrected chi connectivity index (χ2v) is 8.37. The van der Waals surface area contributed by atoms with Crippen molar-refractivity contribution in [2.75, 3.05) is 16.8 Å². The van der Waals surface area contributed by atoms with Gasteiger partial charge in [-0.3, -0.25) is 9.59 Å². The van der Waals surface area contributed by atoms with Crippen molar-refractivity contribution in [2.45, 2.75) is 20.3 Å². The van der Waals surface area contributed by atoms with E-state index in [1.165, 1.54) is 36.4 Å². The van der Waals surface area contributed by atoms with E-state index in [-0.39, 0.29) is 23.0 Å². The predicted octanol–water partition coefficient (Wildman–Crippen LogP) is 5.08. The van der Waals surface area contributed by atoms with E-state index in [1.54, 1.807) is 31.2 Å². The molecule has 37 heavy (non-hydrogen) atoms. The average molecular weight is 519 g/mol. The van der Waals surface area contributed by atoms with E-state index < -0.39 is 23.8 Å². The summed E-state index contributed by atoms with van der Waals surface area (Å²) in [5.41, 5.74) is 2.32. The van der Waals surface area contributed by atoms with Crippen LogP contribution in [0.4, 0.5) is 11.4 Å². The summed E-state index contributed by atoms with van der Waals surface area (Å²) in [5.74, 6) is -1.96. The fourth-order valence-corrected chi connectivity index (χ4v) is 3.81. The molecule has 0 atom stereocenters. The van der Waals surface area contributed by atoms with Gasteiger partial charge in [0.2, 0.25) is 0 Å². The van der Waals surface area contributed by atoms with Gasteiger partial charge in [0.15, 0.2) is 0 Å². The Hall–Kier alpha value is -4.43. The van der Waals surface area contributed by atoms with Crippen LogP contribution in [0.1, 0.15) is 40.1 Å². The summed E-state index contributed by atoms with van der Waals surface area (Å²) in [4.78, 5) is 51.0. The third-order valence-electron chi connectivity index (χ3n) is 5.60. The molecule has 1 aliphatic heterocycles. The molecule has 0 radical (unpaired) electrons. The van der Waals surface area contributed by atoms with Crippen molar-refractivity contribution in [3.63, 3.8) is 0 Å². The van der Waals surface area contributed by atoms with Crippen LogP contribution in [0.15, 0.2) is 83.5 Å². The van der Waals surface area contributed by atoms with Gasteiger partial charge < -0.3 is 14.8 Å². The van der Waals surface area contributed by atoms with Crippen LogP contribution in [0.3, 0.4) is 0 Å². The predicted molar refractivity (Wildman–Crippen MR) is 139 cm³/mol. The van der Waals surface area contributed by atoms with Gasteiger partial charge in [0, 0.05) is 5.69 Å². The second-order valence-electron chi connectivity index (χ2n) is 7.99. The highest BCUT2D eigenvalue weighted by Gasteiger charge is 2.39. The molecule has 0 fully saturated rings. The maximum Gasteiger partial charge on any atom is 0.343 e. The lowest BCUT2D eigenvalue weighted by Crippen LogP contribution is -2.32. The minimum absolute atomic E-state index is 0.104. The Morgan fingerprint density at radius 2 is 1.41 bits per heavy atom. The van der Waals surface area contributed by atoms with Gasteiger partial charge in [0.1, 0.15) is 16.5 Å². The molecular weight excluding hydrogens is 496 g/mol. The number of anilines is 2. The number of benzene rings is 3. The molecule has 0 aliphatic carbocycles. The summed E-state index contributed by atoms with van der Waals surface area (Å²) in [7, 11) is 0. The summed E-state index contributed by atoms with van der Waals surface area (Å²) < 4.78 is 10.3. The van der Waals surface area contributed by atoms with Crippen LogP contribution < -0.4 is 15.0 Å². The lowest BCUT2D eigenvalue weighted by Gasteiger charge is -2.15. The number of nitrogens with one attached hydrogen (secondary N) is 1. The number of halogens is 1. The number of esters is 2. The van der Waals surface area contributed by atoms with Crippen LogP contribution in [0, 0.1) is 0 Å². The Kier molecular flexibility index (Phi) is 7.69. The Labute approximate surface area is 218 Å². The number of aryl methyl sites for hydroxylation is 1. The number of amides is 2. The second kappa shape index (κ2) is 11.1. The van der Waals surface area contributed by atoms with E-state index in [1.807, 2.05) is 19.1 Å². The summed E-state index contributed by atoms with van der Waals surface area (Å²) >= 11 is 6.19. The third-order valence-corrected chi connectivity index (χ3v) is 5.95. The van der Waals surface area contributed by atoms with Crippen molar-refractivity contribution in [1.29, 1.82) is 0 Å². The first kappa shape index (κ1) is 25.7. The minimum atomic E-state index is -0.702. The highest BCUT2D eigenvalue weighted by Crippen LogP contribution is 2.30. The van der Waals surface area contributed by atoms with Gasteiger partial charge >= 0.3 is 11.9 Å². The van der Waals surface area contributed by atoms with Gasteiger partial charge in [0.25, 0.3) is 11.8 Å². The molecule has 2 amide bonds. The topological polar surface area (TPSA) is 102 Å². The Morgan fingerprint density at radius 3 is 2.00 bits per heavy atom. The minimum Gasteiger partial charge on any atom is -0.462 e. The molecular formula is C28H23ClN2O6. The number of carbonyl (C=O) groups is 4. The van der Waals surface area contributed by atoms with E-state index >= 15 is 0 Å². The summed E-state index contributed by atoms with van der Waals surface area (Å²) in [5, 5.41) is 2.58. The van der Waals surface area contributed by atoms with Crippen molar-refractivity contribution < 1.29 is 28.7 Å². The van der Waals surface area contributed by atoms with Crippen molar-refractivity contribution in [2.24, 2.45) is 0 Å². The highest BCUT2D eigenvalue weighted by molar-refractivity contribution is 6.53. The number of nitrogens with zero attached hydrogens (tertiary/aromatic N) is 1. The quantitative estimate of drug-likeness (QED) is 0.252. The van der Waals surface area contributed by atoms with Gasteiger partial charge in [0.05, 0.1) is 23.4 Å². The fraction of sp³-hybridized carbons (Fsp3) is 0.143. The number of hydrogen-bond acceptors (Lipinski definition) is 7. The Balaban J connectivity index is 1.44. The molecule has 1 heterocycles. The maximum absolute atomic E-state index is 13.0. The number of carbonyl (C=O) groups excluding carboxylic acids is 4. The third kappa shape index (κ3) is 5.54. The van der Waals surface area contributed by atoms with Gasteiger partial charge in [-0.2, -0.15) is 0 Å². The first-order chi connectivity index (χ1) is 17.8. The van der Waals surface area contributed by atoms with E-state index in [0.29, 0.717) is 22.6 Å². The van der Waals surface area contributed by atoms with Crippen molar-refractivity contribution in [3.8, 4) is 5.75 Å². The molecule has 0 aromatic heterocycles. The van der Waals surface area contributed by atoms with Crippen LogP contribution in [0.2, 0.25) is 0 Å². The number of ether oxygens (including phenoxy) is 2. The maximum atomic E-state index is 13.0. The van der Waals surface area contributed by atoms with Crippen molar-refractivity contribution in [3.05, 3.63) is 100 Å². The summed E-state index contributed by atoms with van der Waals surface area (Å²) in [6.45, 7) is 3.96. The van der Waals surface area contributed by atoms with Crippen LogP contribution in [0.25, 0.3) is 0 Å². The first-order valence-electron chi connectivity index (χ1n) is 11.6. The van der Waals surface area contributed by atoms with Crippen LogP contribution in [-0.2, 0) is 20.7 Å². The smallest absolute Gasteiger partial charge is 0.343 e. The van der Waals surface area contributed by atoms with Crippen molar-refractivity contribution in [1.82, 2.24) is 0 Å². The molecule has 0 unspecified atom stereocenters. The molecule has 0 spiro atoms. The number of imide groups is 1. The van der Waals surface area contributed by atoms with E-state index in [0.717, 1.165) is 16.9 Å². The van der Waals surface area contributed by atoms with Crippen LogP contribution in [0.5, 0.6) is 5.75 Å². The van der Waals surface area contributed by atoms with Crippen molar-refractivity contribution >= 4 is 46.7 Å². The van der Waals surface area contributed by atoms with E-state index in [4.69, 9.17) is 21.1 Å². The molecule has 3 aromatic rings. The van der Waals surface area contributed by atoms with E-state index in [2.05, 4.69) is 5.32 Å². The molecule has 0 saturated heterocycles. The van der Waals surface area contributed by atoms with Crippen LogP contribution >= 0.6 is 11.6 Å². The molecule has 4 rings (SSSR count). The van der Waals surface area contributed by atoms with Gasteiger partial charge in [-0.05, 0) is 79.6 Å². The van der Waals surface area contributed by atoms with E-state index in [9.17, 15) is 19.2 Å². The summed E-state index contributed by atoms with van der Waals surface area (Å²) in [6, 6.07) is 19.3. The molecule has 0 saturated carbocycles. The molecule has 8 nitrogen and oxygen atoms in total. The number of rotatable bonds is 8. The largest absolute Gasteiger partial charge is 0.462 e. The van der Waals surface area contributed by atoms with Crippen LogP contribution in [-0.4, -0.2) is 30.4 Å². The zero-order chi connectivity index (χ0) is 26.5. The number of hydrogen-bond donors (Lipinski definition) is 1. The summed E-state index contributed by atoms with van der Waals surface area (Å²) in [6.07, 6.45) is 0.886. The lowest BCUT2D eigenvalue weighted by atomic mass is 10.1. The molecule has 1 aliphatic rings. The monoisotopic (exact) mass is 518 g/mol. The Bertz CT molecular complexity index is 1380. The molecule has 188 valence electrons. The molecule has 0 bridgehead atoms. The van der Waals surface area contributed by atoms with Gasteiger partial charge in [-0.15, -0.1) is 0 Å². The average Bonchev–Trinajstić information content (AvgIpc) is 3.12.